The summed E-state index contributed by atoms with van der Waals surface area (Å²) < 4.78 is 5.26. The van der Waals surface area contributed by atoms with Gasteiger partial charge in [0.2, 0.25) is 0 Å². The Labute approximate surface area is 112 Å². The smallest absolute Gasteiger partial charge is 0.0697 e. The summed E-state index contributed by atoms with van der Waals surface area (Å²) >= 11 is 0. The van der Waals surface area contributed by atoms with Gasteiger partial charge in [-0.05, 0) is 43.1 Å². The fourth-order valence-corrected chi connectivity index (χ4v) is 3.64. The number of hydrogen-bond acceptors (Lipinski definition) is 3. The molecule has 108 valence electrons. The quantitative estimate of drug-likeness (QED) is 0.689. The highest BCUT2D eigenvalue weighted by Crippen LogP contribution is 2.45. The van der Waals surface area contributed by atoms with Crippen molar-refractivity contribution in [2.45, 2.75) is 59.4 Å². The maximum absolute atomic E-state index is 8.60. The molecule has 0 aromatic rings. The summed E-state index contributed by atoms with van der Waals surface area (Å²) in [4.78, 5) is 0. The van der Waals surface area contributed by atoms with Crippen LogP contribution in [0.15, 0.2) is 0 Å². The van der Waals surface area contributed by atoms with Gasteiger partial charge in [0.25, 0.3) is 0 Å². The summed E-state index contributed by atoms with van der Waals surface area (Å²) in [5.74, 6) is 0. The topological polar surface area (TPSA) is 41.5 Å². The lowest BCUT2D eigenvalue weighted by atomic mass is 9.63. The van der Waals surface area contributed by atoms with E-state index >= 15 is 0 Å². The second kappa shape index (κ2) is 6.88. The summed E-state index contributed by atoms with van der Waals surface area (Å²) in [6.07, 6.45) is 4.89. The van der Waals surface area contributed by atoms with E-state index in [1.54, 1.807) is 0 Å². The van der Waals surface area contributed by atoms with Gasteiger partial charge in [0.05, 0.1) is 13.2 Å². The van der Waals surface area contributed by atoms with Crippen LogP contribution < -0.4 is 5.32 Å². The Kier molecular flexibility index (Phi) is 6.09. The molecule has 0 aromatic carbocycles. The van der Waals surface area contributed by atoms with Crippen molar-refractivity contribution >= 4 is 0 Å². The number of ether oxygens (including phenoxy) is 1. The van der Waals surface area contributed by atoms with Gasteiger partial charge in [0.1, 0.15) is 0 Å². The van der Waals surface area contributed by atoms with E-state index < -0.39 is 0 Å². The Bertz CT molecular complexity index is 223. The number of hydrogen-bond donors (Lipinski definition) is 2. The lowest BCUT2D eigenvalue weighted by molar-refractivity contribution is 0.0769. The van der Waals surface area contributed by atoms with Crippen LogP contribution >= 0.6 is 0 Å². The van der Waals surface area contributed by atoms with Crippen LogP contribution in [-0.4, -0.2) is 37.5 Å². The molecule has 0 aromatic heterocycles. The predicted molar refractivity (Wildman–Crippen MR) is 75.7 cm³/mol. The molecule has 0 bridgehead atoms. The summed E-state index contributed by atoms with van der Waals surface area (Å²) in [5, 5.41) is 12.3. The van der Waals surface area contributed by atoms with Gasteiger partial charge < -0.3 is 15.2 Å². The molecule has 0 amide bonds. The maximum atomic E-state index is 8.60. The molecule has 1 fully saturated rings. The number of aliphatic hydroxyl groups excluding tert-OH is 1. The van der Waals surface area contributed by atoms with E-state index in [0.29, 0.717) is 23.5 Å². The Morgan fingerprint density at radius 1 is 1.11 bits per heavy atom. The van der Waals surface area contributed by atoms with Gasteiger partial charge in [0, 0.05) is 12.6 Å². The van der Waals surface area contributed by atoms with Crippen molar-refractivity contribution < 1.29 is 9.84 Å². The van der Waals surface area contributed by atoms with Gasteiger partial charge in [0.15, 0.2) is 0 Å². The van der Waals surface area contributed by atoms with Crippen molar-refractivity contribution in [3.63, 3.8) is 0 Å². The summed E-state index contributed by atoms with van der Waals surface area (Å²) in [5.41, 5.74) is 0.902. The van der Waals surface area contributed by atoms with E-state index in [9.17, 15) is 0 Å². The third kappa shape index (κ3) is 6.17. The fraction of sp³-hybridized carbons (Fsp3) is 1.00. The standard InChI is InChI=1S/C15H31NO2/c1-14(2)10-13(11-15(3,4)12-14)16-6-5-8-18-9-7-17/h13,16-17H,5-12H2,1-4H3. The van der Waals surface area contributed by atoms with Crippen LogP contribution in [0.2, 0.25) is 0 Å². The van der Waals surface area contributed by atoms with E-state index in [2.05, 4.69) is 33.0 Å². The van der Waals surface area contributed by atoms with Crippen LogP contribution in [0, 0.1) is 10.8 Å². The van der Waals surface area contributed by atoms with E-state index in [1.807, 2.05) is 0 Å². The molecule has 3 nitrogen and oxygen atoms in total. The lowest BCUT2D eigenvalue weighted by Gasteiger charge is -2.45. The molecule has 0 spiro atoms. The summed E-state index contributed by atoms with van der Waals surface area (Å²) in [6.45, 7) is 11.9. The third-order valence-electron chi connectivity index (χ3n) is 3.69. The number of nitrogens with one attached hydrogen (secondary N) is 1. The molecule has 2 N–H and O–H groups in total. The van der Waals surface area contributed by atoms with Gasteiger partial charge in [-0.2, -0.15) is 0 Å². The van der Waals surface area contributed by atoms with Crippen LogP contribution in [0.3, 0.4) is 0 Å². The Balaban J connectivity index is 2.21. The molecule has 3 heteroatoms. The zero-order valence-corrected chi connectivity index (χ0v) is 12.6. The van der Waals surface area contributed by atoms with Crippen molar-refractivity contribution in [1.82, 2.24) is 5.32 Å². The molecule has 1 rings (SSSR count). The molecule has 1 aliphatic carbocycles. The van der Waals surface area contributed by atoms with Gasteiger partial charge in [-0.15, -0.1) is 0 Å². The van der Waals surface area contributed by atoms with Gasteiger partial charge in [-0.3, -0.25) is 0 Å². The second-order valence-electron chi connectivity index (χ2n) is 7.25. The first kappa shape index (κ1) is 15.9. The van der Waals surface area contributed by atoms with Crippen molar-refractivity contribution in [1.29, 1.82) is 0 Å². The molecule has 0 atom stereocenters. The van der Waals surface area contributed by atoms with E-state index in [0.717, 1.165) is 19.6 Å². The maximum Gasteiger partial charge on any atom is 0.0697 e. The largest absolute Gasteiger partial charge is 0.394 e. The average Bonchev–Trinajstić information content (AvgIpc) is 2.18. The van der Waals surface area contributed by atoms with Crippen LogP contribution in [0.25, 0.3) is 0 Å². The zero-order chi connectivity index (χ0) is 13.6. The van der Waals surface area contributed by atoms with Crippen LogP contribution in [-0.2, 0) is 4.74 Å². The van der Waals surface area contributed by atoms with E-state index in [-0.39, 0.29) is 6.61 Å². The first-order valence-electron chi connectivity index (χ1n) is 7.27. The Morgan fingerprint density at radius 3 is 2.28 bits per heavy atom. The van der Waals surface area contributed by atoms with Crippen LogP contribution in [0.1, 0.15) is 53.4 Å². The Morgan fingerprint density at radius 2 is 1.72 bits per heavy atom. The molecule has 0 unspecified atom stereocenters. The summed E-state index contributed by atoms with van der Waals surface area (Å²) in [6, 6.07) is 0.640. The van der Waals surface area contributed by atoms with Crippen LogP contribution in [0.4, 0.5) is 0 Å². The summed E-state index contributed by atoms with van der Waals surface area (Å²) in [7, 11) is 0. The zero-order valence-electron chi connectivity index (χ0n) is 12.6. The molecular formula is C15H31NO2. The SMILES string of the molecule is CC1(C)CC(NCCCOCCO)CC(C)(C)C1. The van der Waals surface area contributed by atoms with E-state index in [1.165, 1.54) is 19.3 Å². The van der Waals surface area contributed by atoms with Gasteiger partial charge in [-0.1, -0.05) is 27.7 Å². The predicted octanol–water partition coefficient (Wildman–Crippen LogP) is 2.58. The highest BCUT2D eigenvalue weighted by atomic mass is 16.5. The Hall–Kier alpha value is -0.120. The molecule has 1 aliphatic rings. The highest BCUT2D eigenvalue weighted by Gasteiger charge is 2.37. The van der Waals surface area contributed by atoms with Crippen molar-refractivity contribution in [2.24, 2.45) is 10.8 Å². The molecular weight excluding hydrogens is 226 g/mol. The first-order valence-corrected chi connectivity index (χ1v) is 7.27. The number of rotatable bonds is 7. The minimum Gasteiger partial charge on any atom is -0.394 e. The minimum absolute atomic E-state index is 0.123. The second-order valence-corrected chi connectivity index (χ2v) is 7.25. The molecule has 18 heavy (non-hydrogen) atoms. The van der Waals surface area contributed by atoms with Crippen molar-refractivity contribution in [3.8, 4) is 0 Å². The van der Waals surface area contributed by atoms with Crippen molar-refractivity contribution in [3.05, 3.63) is 0 Å². The fourth-order valence-electron chi connectivity index (χ4n) is 3.64. The van der Waals surface area contributed by atoms with Gasteiger partial charge >= 0.3 is 0 Å². The van der Waals surface area contributed by atoms with E-state index in [4.69, 9.17) is 9.84 Å². The van der Waals surface area contributed by atoms with Crippen molar-refractivity contribution in [2.75, 3.05) is 26.4 Å². The lowest BCUT2D eigenvalue weighted by Crippen LogP contribution is -2.44. The number of aliphatic hydroxyl groups is 1. The molecule has 0 saturated heterocycles. The normalized spacial score (nSPS) is 23.2. The average molecular weight is 257 g/mol. The molecule has 0 aliphatic heterocycles. The van der Waals surface area contributed by atoms with Gasteiger partial charge in [-0.25, -0.2) is 0 Å². The minimum atomic E-state index is 0.123. The third-order valence-corrected chi connectivity index (χ3v) is 3.69. The molecule has 1 saturated carbocycles. The molecule has 0 heterocycles. The highest BCUT2D eigenvalue weighted by molar-refractivity contribution is 4.92. The first-order chi connectivity index (χ1) is 8.35. The molecule has 0 radical (unpaired) electrons. The monoisotopic (exact) mass is 257 g/mol. The van der Waals surface area contributed by atoms with Crippen LogP contribution in [0.5, 0.6) is 0 Å².